The van der Waals surface area contributed by atoms with Crippen LogP contribution in [0, 0.1) is 0 Å². The van der Waals surface area contributed by atoms with Gasteiger partial charge >= 0.3 is 0 Å². The average molecular weight is 263 g/mol. The molecule has 0 heterocycles. The van der Waals surface area contributed by atoms with Crippen LogP contribution >= 0.6 is 0 Å². The number of nitrogens with two attached hydrogens (primary N) is 1. The van der Waals surface area contributed by atoms with Crippen LogP contribution in [0.15, 0.2) is 24.3 Å². The summed E-state index contributed by atoms with van der Waals surface area (Å²) in [6.07, 6.45) is 1.53. The molecule has 1 fully saturated rings. The summed E-state index contributed by atoms with van der Waals surface area (Å²) >= 11 is 0. The molecule has 1 amide bonds. The zero-order valence-electron chi connectivity index (χ0n) is 11.2. The molecule has 1 aromatic carbocycles. The SMILES string of the molecule is CN(CC(=O)NC1CC1)CC(O)c1cccc(N)c1. The first kappa shape index (κ1) is 13.8. The molecule has 0 saturated heterocycles. The molecule has 1 aromatic rings. The van der Waals surface area contributed by atoms with Gasteiger partial charge in [-0.3, -0.25) is 9.69 Å². The summed E-state index contributed by atoms with van der Waals surface area (Å²) in [5, 5.41) is 13.0. The maximum Gasteiger partial charge on any atom is 0.234 e. The van der Waals surface area contributed by atoms with Crippen LogP contribution in [-0.4, -0.2) is 42.1 Å². The molecule has 0 radical (unpaired) electrons. The van der Waals surface area contributed by atoms with Crippen LogP contribution < -0.4 is 11.1 Å². The predicted molar refractivity (Wildman–Crippen MR) is 74.5 cm³/mol. The number of amides is 1. The highest BCUT2D eigenvalue weighted by Gasteiger charge is 2.23. The van der Waals surface area contributed by atoms with Crippen molar-refractivity contribution in [1.29, 1.82) is 0 Å². The fourth-order valence-corrected chi connectivity index (χ4v) is 1.98. The lowest BCUT2D eigenvalue weighted by Crippen LogP contribution is -2.37. The number of rotatable bonds is 6. The van der Waals surface area contributed by atoms with Gasteiger partial charge in [-0.1, -0.05) is 12.1 Å². The summed E-state index contributed by atoms with van der Waals surface area (Å²) in [4.78, 5) is 13.4. The van der Waals surface area contributed by atoms with Crippen LogP contribution in [0.4, 0.5) is 5.69 Å². The lowest BCUT2D eigenvalue weighted by atomic mass is 10.1. The average Bonchev–Trinajstić information content (AvgIpc) is 3.12. The second kappa shape index (κ2) is 6.04. The standard InChI is InChI=1S/C14H21N3O2/c1-17(9-14(19)16-12-5-6-12)8-13(18)10-3-2-4-11(15)7-10/h2-4,7,12-13,18H,5-6,8-9,15H2,1H3,(H,16,19). The number of likely N-dealkylation sites (N-methyl/N-ethyl adjacent to an activating group) is 1. The summed E-state index contributed by atoms with van der Waals surface area (Å²) < 4.78 is 0. The Balaban J connectivity index is 1.80. The Morgan fingerprint density at radius 3 is 2.95 bits per heavy atom. The zero-order chi connectivity index (χ0) is 13.8. The van der Waals surface area contributed by atoms with Gasteiger partial charge in [-0.2, -0.15) is 0 Å². The van der Waals surface area contributed by atoms with Gasteiger partial charge < -0.3 is 16.2 Å². The number of nitrogen functional groups attached to an aromatic ring is 1. The molecule has 1 unspecified atom stereocenters. The molecule has 4 N–H and O–H groups in total. The number of nitrogens with zero attached hydrogens (tertiary/aromatic N) is 1. The highest BCUT2D eigenvalue weighted by atomic mass is 16.3. The molecular formula is C14H21N3O2. The van der Waals surface area contributed by atoms with Crippen molar-refractivity contribution < 1.29 is 9.90 Å². The molecule has 1 saturated carbocycles. The third-order valence-electron chi connectivity index (χ3n) is 3.14. The molecule has 104 valence electrons. The van der Waals surface area contributed by atoms with Crippen molar-refractivity contribution in [2.24, 2.45) is 0 Å². The number of hydrogen-bond donors (Lipinski definition) is 3. The molecule has 5 nitrogen and oxygen atoms in total. The molecule has 0 aromatic heterocycles. The smallest absolute Gasteiger partial charge is 0.234 e. The first-order chi connectivity index (χ1) is 9.04. The number of carbonyl (C=O) groups excluding carboxylic acids is 1. The number of hydrogen-bond acceptors (Lipinski definition) is 4. The van der Waals surface area contributed by atoms with E-state index in [2.05, 4.69) is 5.32 Å². The van der Waals surface area contributed by atoms with Gasteiger partial charge in [0.15, 0.2) is 0 Å². The van der Waals surface area contributed by atoms with Gasteiger partial charge in [0.1, 0.15) is 0 Å². The van der Waals surface area contributed by atoms with E-state index >= 15 is 0 Å². The van der Waals surface area contributed by atoms with E-state index in [0.717, 1.165) is 18.4 Å². The Labute approximate surface area is 113 Å². The van der Waals surface area contributed by atoms with E-state index in [1.807, 2.05) is 24.1 Å². The van der Waals surface area contributed by atoms with E-state index < -0.39 is 6.10 Å². The van der Waals surface area contributed by atoms with E-state index in [4.69, 9.17) is 5.73 Å². The normalized spacial score (nSPS) is 16.4. The van der Waals surface area contributed by atoms with Gasteiger partial charge in [-0.15, -0.1) is 0 Å². The topological polar surface area (TPSA) is 78.6 Å². The Morgan fingerprint density at radius 1 is 1.58 bits per heavy atom. The maximum absolute atomic E-state index is 11.6. The van der Waals surface area contributed by atoms with E-state index in [9.17, 15) is 9.90 Å². The van der Waals surface area contributed by atoms with Crippen molar-refractivity contribution in [3.8, 4) is 0 Å². The molecule has 1 aliphatic carbocycles. The van der Waals surface area contributed by atoms with E-state index in [1.54, 1.807) is 12.1 Å². The van der Waals surface area contributed by atoms with Crippen molar-refractivity contribution in [2.45, 2.75) is 25.0 Å². The minimum absolute atomic E-state index is 0.0183. The number of carbonyl (C=O) groups is 1. The summed E-state index contributed by atoms with van der Waals surface area (Å²) in [6.45, 7) is 0.706. The third kappa shape index (κ3) is 4.54. The lowest BCUT2D eigenvalue weighted by molar-refractivity contribution is -0.122. The Hall–Kier alpha value is -1.59. The molecule has 0 aliphatic heterocycles. The van der Waals surface area contributed by atoms with E-state index in [-0.39, 0.29) is 5.91 Å². The quantitative estimate of drug-likeness (QED) is 0.654. The minimum atomic E-state index is -0.637. The number of aliphatic hydroxyl groups is 1. The van der Waals surface area contributed by atoms with Crippen LogP contribution in [0.2, 0.25) is 0 Å². The molecule has 1 atom stereocenters. The predicted octanol–water partition coefficient (Wildman–Crippen LogP) is 0.513. The fraction of sp³-hybridized carbons (Fsp3) is 0.500. The van der Waals surface area contributed by atoms with Crippen molar-refractivity contribution >= 4 is 11.6 Å². The van der Waals surface area contributed by atoms with Crippen molar-refractivity contribution in [3.05, 3.63) is 29.8 Å². The minimum Gasteiger partial charge on any atom is -0.399 e. The van der Waals surface area contributed by atoms with Crippen LogP contribution in [0.1, 0.15) is 24.5 Å². The largest absolute Gasteiger partial charge is 0.399 e. The molecule has 2 rings (SSSR count). The first-order valence-corrected chi connectivity index (χ1v) is 6.56. The van der Waals surface area contributed by atoms with Gasteiger partial charge in [0.2, 0.25) is 5.91 Å². The van der Waals surface area contributed by atoms with E-state index in [1.165, 1.54) is 0 Å². The maximum atomic E-state index is 11.6. The van der Waals surface area contributed by atoms with Gasteiger partial charge in [-0.25, -0.2) is 0 Å². The molecule has 0 spiro atoms. The number of aliphatic hydroxyl groups excluding tert-OH is 1. The molecule has 1 aliphatic rings. The monoisotopic (exact) mass is 263 g/mol. The van der Waals surface area contributed by atoms with Crippen LogP contribution in [-0.2, 0) is 4.79 Å². The Morgan fingerprint density at radius 2 is 2.32 bits per heavy atom. The van der Waals surface area contributed by atoms with Crippen LogP contribution in [0.25, 0.3) is 0 Å². The molecule has 5 heteroatoms. The number of benzene rings is 1. The summed E-state index contributed by atoms with van der Waals surface area (Å²) in [6, 6.07) is 7.55. The van der Waals surface area contributed by atoms with Gasteiger partial charge in [0.25, 0.3) is 0 Å². The summed E-state index contributed by atoms with van der Waals surface area (Å²) in [7, 11) is 1.82. The summed E-state index contributed by atoms with van der Waals surface area (Å²) in [5.74, 6) is 0.0183. The highest BCUT2D eigenvalue weighted by Crippen LogP contribution is 2.19. The molecule has 19 heavy (non-hydrogen) atoms. The van der Waals surface area contributed by atoms with Crippen LogP contribution in [0.5, 0.6) is 0 Å². The molecule has 0 bridgehead atoms. The second-order valence-electron chi connectivity index (χ2n) is 5.22. The van der Waals surface area contributed by atoms with Gasteiger partial charge in [0.05, 0.1) is 12.6 Å². The van der Waals surface area contributed by atoms with Gasteiger partial charge in [0, 0.05) is 18.3 Å². The first-order valence-electron chi connectivity index (χ1n) is 6.56. The number of anilines is 1. The Bertz CT molecular complexity index is 446. The van der Waals surface area contributed by atoms with Crippen molar-refractivity contribution in [2.75, 3.05) is 25.9 Å². The lowest BCUT2D eigenvalue weighted by Gasteiger charge is -2.20. The molecular weight excluding hydrogens is 242 g/mol. The van der Waals surface area contributed by atoms with Crippen LogP contribution in [0.3, 0.4) is 0 Å². The Kier molecular flexibility index (Phi) is 4.39. The fourth-order valence-electron chi connectivity index (χ4n) is 1.98. The third-order valence-corrected chi connectivity index (χ3v) is 3.14. The van der Waals surface area contributed by atoms with E-state index in [0.29, 0.717) is 24.8 Å². The van der Waals surface area contributed by atoms with Gasteiger partial charge in [-0.05, 0) is 37.6 Å². The van der Waals surface area contributed by atoms with Crippen molar-refractivity contribution in [1.82, 2.24) is 10.2 Å². The summed E-state index contributed by atoms with van der Waals surface area (Å²) in [5.41, 5.74) is 7.08. The zero-order valence-corrected chi connectivity index (χ0v) is 11.2. The highest BCUT2D eigenvalue weighted by molar-refractivity contribution is 5.78. The second-order valence-corrected chi connectivity index (χ2v) is 5.22. The van der Waals surface area contributed by atoms with Crippen molar-refractivity contribution in [3.63, 3.8) is 0 Å². The number of nitrogens with one attached hydrogen (secondary N) is 1.